The highest BCUT2D eigenvalue weighted by atomic mass is 35.5. The molecule has 1 N–H and O–H groups in total. The van der Waals surface area contributed by atoms with Crippen molar-refractivity contribution >= 4 is 35.0 Å². The molecule has 2 aromatic carbocycles. The molecule has 3 saturated heterocycles. The average Bonchev–Trinajstić information content (AvgIpc) is 3.51. The molecule has 3 fully saturated rings. The maximum atomic E-state index is 14.8. The third kappa shape index (κ3) is 5.07. The number of benzene rings is 2. The number of hydrogen-bond acceptors (Lipinski definition) is 5. The van der Waals surface area contributed by atoms with Crippen LogP contribution in [0.15, 0.2) is 73.8 Å². The first-order valence-corrected chi connectivity index (χ1v) is 15.7. The molecule has 3 aliphatic heterocycles. The number of carbonyl (C=O) groups excluding carboxylic acids is 3. The van der Waals surface area contributed by atoms with Gasteiger partial charge in [0.2, 0.25) is 11.8 Å². The lowest BCUT2D eigenvalue weighted by molar-refractivity contribution is -0.151. The highest BCUT2D eigenvalue weighted by Crippen LogP contribution is 2.65. The number of hydrogen-bond donors (Lipinski definition) is 1. The minimum Gasteiger partial charge on any atom is -0.396 e. The first-order chi connectivity index (χ1) is 21.0. The predicted octanol–water partition coefficient (Wildman–Crippen LogP) is 4.78. The number of amides is 3. The summed E-state index contributed by atoms with van der Waals surface area (Å²) in [6.07, 6.45) is 4.04. The summed E-state index contributed by atoms with van der Waals surface area (Å²) in [6.45, 7) is 14.4. The lowest BCUT2D eigenvalue weighted by Crippen LogP contribution is -2.57. The zero-order chi connectivity index (χ0) is 31.8. The number of anilines is 1. The molecule has 3 aliphatic rings. The molecule has 9 heteroatoms. The van der Waals surface area contributed by atoms with E-state index in [-0.39, 0.29) is 49.8 Å². The Kier molecular flexibility index (Phi) is 9.08. The molecule has 6 atom stereocenters. The summed E-state index contributed by atoms with van der Waals surface area (Å²) in [7, 11) is 0. The highest BCUT2D eigenvalue weighted by Gasteiger charge is 2.80. The molecule has 8 nitrogen and oxygen atoms in total. The van der Waals surface area contributed by atoms with Gasteiger partial charge in [0, 0.05) is 32.8 Å². The zero-order valence-electron chi connectivity index (χ0n) is 25.7. The Morgan fingerprint density at radius 3 is 2.45 bits per heavy atom. The van der Waals surface area contributed by atoms with Crippen molar-refractivity contribution in [1.29, 1.82) is 0 Å². The quantitative estimate of drug-likeness (QED) is 0.346. The van der Waals surface area contributed by atoms with Gasteiger partial charge in [-0.15, -0.1) is 13.2 Å². The van der Waals surface area contributed by atoms with Gasteiger partial charge in [-0.1, -0.05) is 73.1 Å². The molecule has 5 rings (SSSR count). The minimum atomic E-state index is -1.22. The average molecular weight is 620 g/mol. The molecule has 234 valence electrons. The maximum absolute atomic E-state index is 14.8. The molecular formula is C35H42ClN3O5. The second kappa shape index (κ2) is 12.5. The van der Waals surface area contributed by atoms with Crippen LogP contribution in [-0.2, 0) is 25.7 Å². The molecule has 0 aliphatic carbocycles. The van der Waals surface area contributed by atoms with E-state index in [0.29, 0.717) is 30.2 Å². The van der Waals surface area contributed by atoms with E-state index in [1.54, 1.807) is 32.9 Å². The topological polar surface area (TPSA) is 90.4 Å². The van der Waals surface area contributed by atoms with Crippen LogP contribution in [0.3, 0.4) is 0 Å². The minimum absolute atomic E-state index is 0.106. The Morgan fingerprint density at radius 1 is 1.11 bits per heavy atom. The van der Waals surface area contributed by atoms with Crippen molar-refractivity contribution in [2.24, 2.45) is 17.8 Å². The number of aliphatic hydroxyl groups excluding tert-OH is 1. The Hall–Kier alpha value is -3.46. The van der Waals surface area contributed by atoms with Crippen molar-refractivity contribution < 1.29 is 24.2 Å². The lowest BCUT2D eigenvalue weighted by atomic mass is 9.62. The van der Waals surface area contributed by atoms with Crippen molar-refractivity contribution in [2.75, 3.05) is 31.1 Å². The fourth-order valence-corrected chi connectivity index (χ4v) is 8.12. The number of carbonyl (C=O) groups is 3. The number of fused-ring (bicyclic) bond motifs is 1. The summed E-state index contributed by atoms with van der Waals surface area (Å²) in [4.78, 5) is 48.7. The number of likely N-dealkylation sites (tertiary alicyclic amines) is 1. The smallest absolute Gasteiger partial charge is 0.253 e. The van der Waals surface area contributed by atoms with E-state index in [9.17, 15) is 19.5 Å². The summed E-state index contributed by atoms with van der Waals surface area (Å²) in [5, 5.41) is 10.2. The van der Waals surface area contributed by atoms with Crippen LogP contribution < -0.4 is 4.90 Å². The van der Waals surface area contributed by atoms with Crippen LogP contribution in [0.5, 0.6) is 0 Å². The Labute approximate surface area is 264 Å². The first kappa shape index (κ1) is 31.9. The Bertz CT molecular complexity index is 1430. The summed E-state index contributed by atoms with van der Waals surface area (Å²) < 4.78 is 6.93. The summed E-state index contributed by atoms with van der Waals surface area (Å²) in [5.41, 5.74) is 0.134. The zero-order valence-corrected chi connectivity index (χ0v) is 26.5. The molecular weight excluding hydrogens is 578 g/mol. The number of halogens is 1. The molecule has 0 radical (unpaired) electrons. The summed E-state index contributed by atoms with van der Waals surface area (Å²) in [5.74, 6) is -2.59. The van der Waals surface area contributed by atoms with Gasteiger partial charge < -0.3 is 24.5 Å². The van der Waals surface area contributed by atoms with Gasteiger partial charge in [0.05, 0.1) is 28.1 Å². The van der Waals surface area contributed by atoms with E-state index in [1.807, 2.05) is 63.2 Å². The normalized spacial score (nSPS) is 28.6. The molecule has 3 amide bonds. The fraction of sp³-hybridized carbons (Fsp3) is 0.457. The largest absolute Gasteiger partial charge is 0.396 e. The van der Waals surface area contributed by atoms with Gasteiger partial charge in [-0.25, -0.2) is 0 Å². The van der Waals surface area contributed by atoms with Gasteiger partial charge >= 0.3 is 0 Å². The summed E-state index contributed by atoms with van der Waals surface area (Å²) in [6, 6.07) is 14.1. The predicted molar refractivity (Wildman–Crippen MR) is 171 cm³/mol. The van der Waals surface area contributed by atoms with Crippen LogP contribution in [0.25, 0.3) is 0 Å². The Morgan fingerprint density at radius 2 is 1.82 bits per heavy atom. The van der Waals surface area contributed by atoms with Crippen molar-refractivity contribution in [1.82, 2.24) is 9.80 Å². The number of aryl methyl sites for hydroxylation is 1. The van der Waals surface area contributed by atoms with Gasteiger partial charge in [0.1, 0.15) is 11.6 Å². The summed E-state index contributed by atoms with van der Waals surface area (Å²) >= 11 is 6.66. The fourth-order valence-electron chi connectivity index (χ4n) is 7.80. The standard InChI is InChI=1S/C35H42ClN3O5/c1-6-17-37(22-25-14-9-8-10-15-25)31(41)27-28-32(42)39(19-12-20-40)30(35(28)21-24(4)34(27,5)44-35)33(43)38(18-7-2)29-23(3)13-11-16-26(29)36/h6-11,13-16,24,27-28,30,40H,1-2,12,17-22H2,3-5H3/t24?,27-,28+,30?,34+,35?/m1/s1. The molecule has 1 spiro atoms. The number of aliphatic hydroxyl groups is 1. The van der Waals surface area contributed by atoms with E-state index < -0.39 is 29.1 Å². The van der Waals surface area contributed by atoms with Gasteiger partial charge in [0.25, 0.3) is 5.91 Å². The second-order valence-electron chi connectivity index (χ2n) is 12.4. The van der Waals surface area contributed by atoms with Crippen LogP contribution in [0.4, 0.5) is 5.69 Å². The van der Waals surface area contributed by atoms with Crippen LogP contribution in [0, 0.1) is 24.7 Å². The lowest BCUT2D eigenvalue weighted by Gasteiger charge is -2.39. The van der Waals surface area contributed by atoms with E-state index in [1.165, 1.54) is 0 Å². The van der Waals surface area contributed by atoms with Gasteiger partial charge in [-0.3, -0.25) is 14.4 Å². The van der Waals surface area contributed by atoms with Gasteiger partial charge in [-0.05, 0) is 49.8 Å². The van der Waals surface area contributed by atoms with E-state index in [4.69, 9.17) is 16.3 Å². The number of ether oxygens (including phenoxy) is 1. The molecule has 3 unspecified atom stereocenters. The molecule has 0 aromatic heterocycles. The van der Waals surface area contributed by atoms with Crippen molar-refractivity contribution in [3.63, 3.8) is 0 Å². The molecule has 3 heterocycles. The van der Waals surface area contributed by atoms with Crippen LogP contribution >= 0.6 is 11.6 Å². The van der Waals surface area contributed by atoms with Gasteiger partial charge in [-0.2, -0.15) is 0 Å². The second-order valence-corrected chi connectivity index (χ2v) is 12.9. The van der Waals surface area contributed by atoms with Crippen molar-refractivity contribution in [3.8, 4) is 0 Å². The number of para-hydroxylation sites is 1. The molecule has 2 aromatic rings. The van der Waals surface area contributed by atoms with Gasteiger partial charge in [0.15, 0.2) is 0 Å². The van der Waals surface area contributed by atoms with E-state index >= 15 is 0 Å². The number of rotatable bonds is 12. The van der Waals surface area contributed by atoms with Crippen molar-refractivity contribution in [2.45, 2.75) is 57.4 Å². The first-order valence-electron chi connectivity index (χ1n) is 15.3. The van der Waals surface area contributed by atoms with E-state index in [2.05, 4.69) is 13.2 Å². The van der Waals surface area contributed by atoms with Crippen LogP contribution in [0.2, 0.25) is 5.02 Å². The monoisotopic (exact) mass is 619 g/mol. The molecule has 0 saturated carbocycles. The van der Waals surface area contributed by atoms with Crippen molar-refractivity contribution in [3.05, 3.63) is 90.0 Å². The number of nitrogens with zero attached hydrogens (tertiary/aromatic N) is 3. The maximum Gasteiger partial charge on any atom is 0.253 e. The highest BCUT2D eigenvalue weighted by molar-refractivity contribution is 6.34. The Balaban J connectivity index is 1.60. The molecule has 44 heavy (non-hydrogen) atoms. The van der Waals surface area contributed by atoms with E-state index in [0.717, 1.165) is 11.1 Å². The third-order valence-electron chi connectivity index (χ3n) is 9.79. The third-order valence-corrected chi connectivity index (χ3v) is 10.1. The molecule has 2 bridgehead atoms. The SMILES string of the molecule is C=CCN(Cc1ccccc1)C(=O)[C@H]1[C@H]2C(=O)N(CCCO)C(C(=O)N(CC=C)c3c(C)cccc3Cl)C23CC(C)[C@]1(C)O3. The van der Waals surface area contributed by atoms with Crippen LogP contribution in [-0.4, -0.2) is 76.1 Å². The van der Waals surface area contributed by atoms with Crippen LogP contribution in [0.1, 0.15) is 37.8 Å².